The van der Waals surface area contributed by atoms with Crippen LogP contribution in [-0.4, -0.2) is 49.5 Å². The number of ether oxygens (including phenoxy) is 3. The maximum Gasteiger partial charge on any atom is 0.326 e. The maximum absolute atomic E-state index is 12.4. The van der Waals surface area contributed by atoms with Crippen LogP contribution in [0.4, 0.5) is 0 Å². The van der Waals surface area contributed by atoms with Gasteiger partial charge in [0.1, 0.15) is 19.3 Å². The Hall–Kier alpha value is -2.28. The standard InChI is InChI=1S/C16H19NO6/c18-15(10-3-4-12-13(8-10)23-7-6-22-12)17-14(16(19)20)11-2-1-5-21-9-11/h3-4,8,11,14H,1-2,5-7,9H2,(H,17,18)(H,19,20). The molecule has 1 saturated heterocycles. The lowest BCUT2D eigenvalue weighted by Gasteiger charge is -2.28. The van der Waals surface area contributed by atoms with Gasteiger partial charge in [0, 0.05) is 18.1 Å². The Bertz CT molecular complexity index is 596. The van der Waals surface area contributed by atoms with Crippen LogP contribution in [0.5, 0.6) is 11.5 Å². The molecule has 2 heterocycles. The minimum atomic E-state index is -1.05. The first-order valence-corrected chi connectivity index (χ1v) is 7.66. The van der Waals surface area contributed by atoms with Crippen LogP contribution < -0.4 is 14.8 Å². The van der Waals surface area contributed by atoms with Crippen LogP contribution in [0, 0.1) is 5.92 Å². The summed E-state index contributed by atoms with van der Waals surface area (Å²) in [5.41, 5.74) is 0.345. The van der Waals surface area contributed by atoms with Crippen molar-refractivity contribution in [1.29, 1.82) is 0 Å². The smallest absolute Gasteiger partial charge is 0.326 e. The molecule has 2 aliphatic heterocycles. The minimum absolute atomic E-state index is 0.220. The van der Waals surface area contributed by atoms with E-state index >= 15 is 0 Å². The molecule has 2 unspecified atom stereocenters. The minimum Gasteiger partial charge on any atom is -0.486 e. The zero-order valence-corrected chi connectivity index (χ0v) is 12.6. The SMILES string of the molecule is O=C(NC(C(=O)O)C1CCCOC1)c1ccc2c(c1)OCCO2. The van der Waals surface area contributed by atoms with Gasteiger partial charge in [-0.25, -0.2) is 4.79 Å². The second-order valence-corrected chi connectivity index (χ2v) is 5.63. The van der Waals surface area contributed by atoms with Crippen LogP contribution in [0.3, 0.4) is 0 Å². The lowest BCUT2D eigenvalue weighted by molar-refractivity contribution is -0.142. The third kappa shape index (κ3) is 3.56. The molecule has 2 aliphatic rings. The second kappa shape index (κ2) is 6.87. The molecular weight excluding hydrogens is 302 g/mol. The van der Waals surface area contributed by atoms with Gasteiger partial charge in [-0.1, -0.05) is 0 Å². The van der Waals surface area contributed by atoms with Crippen LogP contribution in [0.25, 0.3) is 0 Å². The molecule has 23 heavy (non-hydrogen) atoms. The topological polar surface area (TPSA) is 94.1 Å². The average Bonchev–Trinajstić information content (AvgIpc) is 2.59. The van der Waals surface area contributed by atoms with Crippen molar-refractivity contribution < 1.29 is 28.9 Å². The molecule has 1 aromatic carbocycles. The Labute approximate surface area is 133 Å². The Morgan fingerprint density at radius 1 is 1.17 bits per heavy atom. The van der Waals surface area contributed by atoms with Crippen molar-refractivity contribution in [3.63, 3.8) is 0 Å². The summed E-state index contributed by atoms with van der Waals surface area (Å²) in [6.45, 7) is 1.88. The van der Waals surface area contributed by atoms with Gasteiger partial charge in [-0.3, -0.25) is 4.79 Å². The third-order valence-electron chi connectivity index (χ3n) is 4.02. The number of carboxylic acids is 1. The van der Waals surface area contributed by atoms with Gasteiger partial charge >= 0.3 is 5.97 Å². The molecule has 7 nitrogen and oxygen atoms in total. The zero-order valence-electron chi connectivity index (χ0n) is 12.6. The summed E-state index contributed by atoms with van der Waals surface area (Å²) < 4.78 is 16.2. The molecule has 0 aromatic heterocycles. The number of hydrogen-bond acceptors (Lipinski definition) is 5. The summed E-state index contributed by atoms with van der Waals surface area (Å²) in [5, 5.41) is 12.0. The highest BCUT2D eigenvalue weighted by atomic mass is 16.6. The second-order valence-electron chi connectivity index (χ2n) is 5.63. The van der Waals surface area contributed by atoms with Crippen molar-refractivity contribution in [2.45, 2.75) is 18.9 Å². The fourth-order valence-electron chi connectivity index (χ4n) is 2.82. The van der Waals surface area contributed by atoms with E-state index in [1.54, 1.807) is 18.2 Å². The summed E-state index contributed by atoms with van der Waals surface area (Å²) in [5.74, 6) is -0.631. The van der Waals surface area contributed by atoms with E-state index in [4.69, 9.17) is 14.2 Å². The fourth-order valence-corrected chi connectivity index (χ4v) is 2.82. The van der Waals surface area contributed by atoms with Gasteiger partial charge in [-0.15, -0.1) is 0 Å². The van der Waals surface area contributed by atoms with E-state index in [1.165, 1.54) is 0 Å². The highest BCUT2D eigenvalue weighted by Gasteiger charge is 2.31. The number of carbonyl (C=O) groups excluding carboxylic acids is 1. The van der Waals surface area contributed by atoms with Crippen molar-refractivity contribution in [3.05, 3.63) is 23.8 Å². The molecule has 0 aliphatic carbocycles. The molecule has 0 saturated carbocycles. The average molecular weight is 321 g/mol. The summed E-state index contributed by atoms with van der Waals surface area (Å²) in [6.07, 6.45) is 1.52. The van der Waals surface area contributed by atoms with Gasteiger partial charge in [0.05, 0.1) is 6.61 Å². The predicted octanol–water partition coefficient (Wildman–Crippen LogP) is 1.07. The Balaban J connectivity index is 1.72. The van der Waals surface area contributed by atoms with E-state index in [0.29, 0.717) is 43.5 Å². The summed E-state index contributed by atoms with van der Waals surface area (Å²) in [4.78, 5) is 23.9. The maximum atomic E-state index is 12.4. The largest absolute Gasteiger partial charge is 0.486 e. The van der Waals surface area contributed by atoms with Gasteiger partial charge in [-0.2, -0.15) is 0 Å². The molecule has 124 valence electrons. The first-order chi connectivity index (χ1) is 11.1. The number of nitrogens with one attached hydrogen (secondary N) is 1. The summed E-state index contributed by atoms with van der Waals surface area (Å²) in [6, 6.07) is 3.86. The van der Waals surface area contributed by atoms with Gasteiger partial charge in [0.2, 0.25) is 0 Å². The van der Waals surface area contributed by atoms with Crippen LogP contribution >= 0.6 is 0 Å². The van der Waals surface area contributed by atoms with Gasteiger partial charge in [0.25, 0.3) is 5.91 Å². The molecule has 0 spiro atoms. The van der Waals surface area contributed by atoms with E-state index in [2.05, 4.69) is 5.32 Å². The van der Waals surface area contributed by atoms with Crippen molar-refractivity contribution in [3.8, 4) is 11.5 Å². The number of amides is 1. The Morgan fingerprint density at radius 2 is 1.96 bits per heavy atom. The van der Waals surface area contributed by atoms with Crippen LogP contribution in [-0.2, 0) is 9.53 Å². The van der Waals surface area contributed by atoms with E-state index in [0.717, 1.165) is 12.8 Å². The molecule has 2 atom stereocenters. The Kier molecular flexibility index (Phi) is 4.66. The molecule has 0 bridgehead atoms. The number of hydrogen-bond donors (Lipinski definition) is 2. The number of rotatable bonds is 4. The molecule has 3 rings (SSSR count). The monoisotopic (exact) mass is 321 g/mol. The van der Waals surface area contributed by atoms with Crippen molar-refractivity contribution in [1.82, 2.24) is 5.32 Å². The number of carboxylic acid groups (broad SMARTS) is 1. The third-order valence-corrected chi connectivity index (χ3v) is 4.02. The molecule has 1 amide bonds. The van der Waals surface area contributed by atoms with Crippen LogP contribution in [0.2, 0.25) is 0 Å². The molecule has 1 fully saturated rings. The normalized spacial score (nSPS) is 21.3. The van der Waals surface area contributed by atoms with E-state index in [-0.39, 0.29) is 5.92 Å². The molecule has 2 N–H and O–H groups in total. The lowest BCUT2D eigenvalue weighted by Crippen LogP contribution is -2.48. The predicted molar refractivity (Wildman–Crippen MR) is 79.9 cm³/mol. The zero-order chi connectivity index (χ0) is 16.2. The van der Waals surface area contributed by atoms with Gasteiger partial charge in [0.15, 0.2) is 11.5 Å². The number of carbonyl (C=O) groups is 2. The highest BCUT2D eigenvalue weighted by molar-refractivity contribution is 5.97. The van der Waals surface area contributed by atoms with Gasteiger partial charge < -0.3 is 24.6 Å². The lowest BCUT2D eigenvalue weighted by atomic mass is 9.93. The molecule has 7 heteroatoms. The quantitative estimate of drug-likeness (QED) is 0.861. The molecular formula is C16H19NO6. The van der Waals surface area contributed by atoms with Crippen molar-refractivity contribution >= 4 is 11.9 Å². The van der Waals surface area contributed by atoms with E-state index in [1.807, 2.05) is 0 Å². The molecule has 0 radical (unpaired) electrons. The number of benzene rings is 1. The van der Waals surface area contributed by atoms with Crippen LogP contribution in [0.15, 0.2) is 18.2 Å². The summed E-state index contributed by atoms with van der Waals surface area (Å²) >= 11 is 0. The highest BCUT2D eigenvalue weighted by Crippen LogP contribution is 2.30. The summed E-state index contributed by atoms with van der Waals surface area (Å²) in [7, 11) is 0. The van der Waals surface area contributed by atoms with Gasteiger partial charge in [-0.05, 0) is 31.0 Å². The first kappa shape index (κ1) is 15.6. The van der Waals surface area contributed by atoms with Crippen molar-refractivity contribution in [2.75, 3.05) is 26.4 Å². The van der Waals surface area contributed by atoms with Crippen molar-refractivity contribution in [2.24, 2.45) is 5.92 Å². The Morgan fingerprint density at radius 3 is 2.65 bits per heavy atom. The molecule has 1 aromatic rings. The van der Waals surface area contributed by atoms with Crippen LogP contribution in [0.1, 0.15) is 23.2 Å². The van der Waals surface area contributed by atoms with E-state index < -0.39 is 17.9 Å². The number of aliphatic carboxylic acids is 1. The van der Waals surface area contributed by atoms with E-state index in [9.17, 15) is 14.7 Å². The fraction of sp³-hybridized carbons (Fsp3) is 0.500. The number of fused-ring (bicyclic) bond motifs is 1. The first-order valence-electron chi connectivity index (χ1n) is 7.66.